The van der Waals surface area contributed by atoms with Crippen LogP contribution in [0.4, 0.5) is 5.69 Å². The largest absolute Gasteiger partial charge is 0.325 e. The van der Waals surface area contributed by atoms with Crippen molar-refractivity contribution in [3.8, 4) is 5.69 Å². The molecule has 0 atom stereocenters. The van der Waals surface area contributed by atoms with E-state index in [0.29, 0.717) is 11.0 Å². The van der Waals surface area contributed by atoms with Crippen LogP contribution in [0.1, 0.15) is 6.42 Å². The Kier molecular flexibility index (Phi) is 4.76. The number of fused-ring (bicyclic) bond motifs is 2. The molecule has 0 spiro atoms. The molecule has 0 aliphatic heterocycles. The highest BCUT2D eigenvalue weighted by Gasteiger charge is 2.12. The van der Waals surface area contributed by atoms with E-state index in [1.54, 1.807) is 4.68 Å². The lowest BCUT2D eigenvalue weighted by Gasteiger charge is -2.10. The van der Waals surface area contributed by atoms with Crippen LogP contribution in [0.3, 0.4) is 0 Å². The highest BCUT2D eigenvalue weighted by molar-refractivity contribution is 6.02. The van der Waals surface area contributed by atoms with Crippen LogP contribution in [0.5, 0.6) is 0 Å². The Bertz CT molecular complexity index is 1450. The highest BCUT2D eigenvalue weighted by Crippen LogP contribution is 2.23. The predicted octanol–water partition coefficient (Wildman–Crippen LogP) is 3.76. The number of benzene rings is 3. The zero-order valence-electron chi connectivity index (χ0n) is 16.6. The number of carbonyl (C=O) groups is 1. The van der Waals surface area contributed by atoms with Crippen LogP contribution in [0.25, 0.3) is 27.5 Å². The average molecular weight is 409 g/mol. The molecular weight excluding hydrogens is 390 g/mol. The first-order valence-electron chi connectivity index (χ1n) is 9.97. The summed E-state index contributed by atoms with van der Waals surface area (Å²) in [4.78, 5) is 29.8. The summed E-state index contributed by atoms with van der Waals surface area (Å²) in [5.41, 5.74) is 1.86. The summed E-state index contributed by atoms with van der Waals surface area (Å²) in [6.45, 7) is 0.231. The molecular formula is C24H19N5O2. The van der Waals surface area contributed by atoms with Crippen LogP contribution in [-0.2, 0) is 11.3 Å². The summed E-state index contributed by atoms with van der Waals surface area (Å²) in [7, 11) is 0. The first kappa shape index (κ1) is 18.7. The zero-order chi connectivity index (χ0) is 21.2. The third-order valence-electron chi connectivity index (χ3n) is 5.20. The van der Waals surface area contributed by atoms with E-state index in [1.165, 1.54) is 17.1 Å². The first-order chi connectivity index (χ1) is 15.2. The number of nitrogens with zero attached hydrogens (tertiary/aromatic N) is 4. The van der Waals surface area contributed by atoms with Gasteiger partial charge in [0.05, 0.1) is 18.2 Å². The van der Waals surface area contributed by atoms with Crippen LogP contribution in [0.15, 0.2) is 90.1 Å². The molecule has 0 saturated heterocycles. The molecule has 0 unspecified atom stereocenters. The van der Waals surface area contributed by atoms with Gasteiger partial charge in [-0.3, -0.25) is 14.2 Å². The van der Waals surface area contributed by atoms with Gasteiger partial charge in [0.25, 0.3) is 5.56 Å². The Morgan fingerprint density at radius 3 is 2.55 bits per heavy atom. The van der Waals surface area contributed by atoms with E-state index in [-0.39, 0.29) is 24.4 Å². The van der Waals surface area contributed by atoms with Gasteiger partial charge in [-0.05, 0) is 23.6 Å². The molecule has 31 heavy (non-hydrogen) atoms. The Morgan fingerprint density at radius 2 is 1.68 bits per heavy atom. The molecule has 2 heterocycles. The minimum absolute atomic E-state index is 0.156. The van der Waals surface area contributed by atoms with Crippen molar-refractivity contribution in [3.63, 3.8) is 0 Å². The minimum Gasteiger partial charge on any atom is -0.325 e. The maximum atomic E-state index is 12.9. The van der Waals surface area contributed by atoms with Gasteiger partial charge in [0.15, 0.2) is 5.65 Å². The van der Waals surface area contributed by atoms with Crippen LogP contribution in [0, 0.1) is 0 Å². The zero-order valence-corrected chi connectivity index (χ0v) is 16.6. The SMILES string of the molecule is O=C(CCn1cnc2c(cnn2-c2ccccc2)c1=O)Nc1cccc2ccccc12. The second-order valence-corrected chi connectivity index (χ2v) is 7.20. The van der Waals surface area contributed by atoms with Crippen molar-refractivity contribution in [3.05, 3.63) is 95.7 Å². The fraction of sp³-hybridized carbons (Fsp3) is 0.0833. The van der Waals surface area contributed by atoms with Crippen molar-refractivity contribution >= 4 is 33.4 Å². The summed E-state index contributed by atoms with van der Waals surface area (Å²) in [6, 6.07) is 23.2. The van der Waals surface area contributed by atoms with Crippen molar-refractivity contribution < 1.29 is 4.79 Å². The molecule has 152 valence electrons. The van der Waals surface area contributed by atoms with Gasteiger partial charge < -0.3 is 5.32 Å². The molecule has 1 amide bonds. The van der Waals surface area contributed by atoms with E-state index in [4.69, 9.17) is 0 Å². The number of anilines is 1. The second kappa shape index (κ2) is 7.87. The lowest BCUT2D eigenvalue weighted by atomic mass is 10.1. The van der Waals surface area contributed by atoms with Gasteiger partial charge in [0, 0.05) is 24.0 Å². The molecule has 7 nitrogen and oxygen atoms in total. The standard InChI is InChI=1S/C24H19N5O2/c30-22(27-21-12-6-8-17-7-4-5-11-19(17)21)13-14-28-16-25-23-20(24(28)31)15-26-29(23)18-9-2-1-3-10-18/h1-12,15-16H,13-14H2,(H,27,30). The molecule has 0 bridgehead atoms. The van der Waals surface area contributed by atoms with Crippen LogP contribution in [0.2, 0.25) is 0 Å². The first-order valence-corrected chi connectivity index (χ1v) is 9.97. The lowest BCUT2D eigenvalue weighted by Crippen LogP contribution is -2.23. The van der Waals surface area contributed by atoms with E-state index in [2.05, 4.69) is 15.4 Å². The summed E-state index contributed by atoms with van der Waals surface area (Å²) in [5.74, 6) is -0.164. The summed E-state index contributed by atoms with van der Waals surface area (Å²) in [6.07, 6.45) is 3.14. The van der Waals surface area contributed by atoms with E-state index < -0.39 is 0 Å². The maximum absolute atomic E-state index is 12.9. The second-order valence-electron chi connectivity index (χ2n) is 7.20. The molecule has 0 fully saturated rings. The highest BCUT2D eigenvalue weighted by atomic mass is 16.2. The molecule has 1 N–H and O–H groups in total. The van der Waals surface area contributed by atoms with E-state index >= 15 is 0 Å². The number of hydrogen-bond donors (Lipinski definition) is 1. The van der Waals surface area contributed by atoms with Gasteiger partial charge >= 0.3 is 0 Å². The Morgan fingerprint density at radius 1 is 0.903 bits per heavy atom. The number of nitrogens with one attached hydrogen (secondary N) is 1. The molecule has 0 radical (unpaired) electrons. The quantitative estimate of drug-likeness (QED) is 0.479. The van der Waals surface area contributed by atoms with Crippen LogP contribution >= 0.6 is 0 Å². The number of aromatic nitrogens is 4. The van der Waals surface area contributed by atoms with Gasteiger partial charge in [-0.2, -0.15) is 5.10 Å². The Balaban J connectivity index is 1.34. The minimum atomic E-state index is -0.217. The fourth-order valence-corrected chi connectivity index (χ4v) is 3.64. The van der Waals surface area contributed by atoms with E-state index in [0.717, 1.165) is 22.1 Å². The normalized spacial score (nSPS) is 11.1. The van der Waals surface area contributed by atoms with Gasteiger partial charge in [-0.1, -0.05) is 54.6 Å². The summed E-state index contributed by atoms with van der Waals surface area (Å²) in [5, 5.41) is 9.71. The summed E-state index contributed by atoms with van der Waals surface area (Å²) >= 11 is 0. The summed E-state index contributed by atoms with van der Waals surface area (Å²) < 4.78 is 3.08. The molecule has 5 aromatic rings. The molecule has 0 aliphatic carbocycles. The monoisotopic (exact) mass is 409 g/mol. The van der Waals surface area contributed by atoms with Crippen LogP contribution in [-0.4, -0.2) is 25.2 Å². The number of aryl methyl sites for hydroxylation is 1. The molecule has 3 aromatic carbocycles. The van der Waals surface area contributed by atoms with Crippen molar-refractivity contribution in [2.75, 3.05) is 5.32 Å². The molecule has 5 rings (SSSR count). The molecule has 0 aliphatic rings. The van der Waals surface area contributed by atoms with Gasteiger partial charge in [0.1, 0.15) is 5.39 Å². The van der Waals surface area contributed by atoms with Gasteiger partial charge in [-0.25, -0.2) is 9.67 Å². The third-order valence-corrected chi connectivity index (χ3v) is 5.20. The predicted molar refractivity (Wildman–Crippen MR) is 120 cm³/mol. The van der Waals surface area contributed by atoms with Gasteiger partial charge in [0.2, 0.25) is 5.91 Å². The average Bonchev–Trinajstić information content (AvgIpc) is 3.24. The number of carbonyl (C=O) groups excluding carboxylic acids is 1. The Hall–Kier alpha value is -4.26. The van der Waals surface area contributed by atoms with Crippen molar-refractivity contribution in [1.29, 1.82) is 0 Å². The van der Waals surface area contributed by atoms with E-state index in [1.807, 2.05) is 72.8 Å². The molecule has 0 saturated carbocycles. The van der Waals surface area contributed by atoms with Crippen molar-refractivity contribution in [2.45, 2.75) is 13.0 Å². The Labute approximate surface area is 177 Å². The topological polar surface area (TPSA) is 81.8 Å². The van der Waals surface area contributed by atoms with Crippen molar-refractivity contribution in [2.24, 2.45) is 0 Å². The number of rotatable bonds is 5. The molecule has 2 aromatic heterocycles. The number of para-hydroxylation sites is 1. The fourth-order valence-electron chi connectivity index (χ4n) is 3.64. The third kappa shape index (κ3) is 3.57. The van der Waals surface area contributed by atoms with Gasteiger partial charge in [-0.15, -0.1) is 0 Å². The lowest BCUT2D eigenvalue weighted by molar-refractivity contribution is -0.116. The van der Waals surface area contributed by atoms with Crippen LogP contribution < -0.4 is 10.9 Å². The molecule has 7 heteroatoms. The number of hydrogen-bond acceptors (Lipinski definition) is 4. The van der Waals surface area contributed by atoms with Crippen molar-refractivity contribution in [1.82, 2.24) is 19.3 Å². The maximum Gasteiger partial charge on any atom is 0.264 e. The number of amides is 1. The smallest absolute Gasteiger partial charge is 0.264 e. The van der Waals surface area contributed by atoms with E-state index in [9.17, 15) is 9.59 Å².